The Labute approximate surface area is 398 Å². The van der Waals surface area contributed by atoms with Gasteiger partial charge in [0.2, 0.25) is 11.9 Å². The highest BCUT2D eigenvalue weighted by Gasteiger charge is 2.62. The quantitative estimate of drug-likeness (QED) is 0.0320. The predicted octanol–water partition coefficient (Wildman–Crippen LogP) is -9.38. The van der Waals surface area contributed by atoms with Gasteiger partial charge in [0.25, 0.3) is 17.5 Å². The number of nitrogens with zero attached hydrogens (tertiary/aromatic N) is 4. The van der Waals surface area contributed by atoms with Crippen molar-refractivity contribution in [3.63, 3.8) is 0 Å². The van der Waals surface area contributed by atoms with Gasteiger partial charge in [-0.2, -0.15) is 4.98 Å². The van der Waals surface area contributed by atoms with E-state index in [0.29, 0.717) is 0 Å². The summed E-state index contributed by atoms with van der Waals surface area (Å²) in [5.41, 5.74) is 2.85. The molecule has 0 saturated heterocycles. The maximum Gasteiger partial charge on any atom is 0.334 e. The van der Waals surface area contributed by atoms with Crippen LogP contribution in [-0.4, -0.2) is 219 Å². The largest absolute Gasteiger partial charge is 0.427 e. The molecule has 2 saturated carbocycles. The van der Waals surface area contributed by atoms with E-state index in [1.807, 2.05) is 0 Å². The van der Waals surface area contributed by atoms with Crippen molar-refractivity contribution >= 4 is 52.5 Å². The van der Waals surface area contributed by atoms with Crippen LogP contribution in [0.5, 0.6) is 0 Å². The molecule has 1 aromatic carbocycles. The summed E-state index contributed by atoms with van der Waals surface area (Å²) in [5.74, 6) is -13.8. The van der Waals surface area contributed by atoms with Crippen LogP contribution >= 0.6 is 0 Å². The van der Waals surface area contributed by atoms with Crippen molar-refractivity contribution in [1.82, 2.24) is 30.6 Å². The highest BCUT2D eigenvalue weighted by atomic mass is 16.7. The lowest BCUT2D eigenvalue weighted by Gasteiger charge is -2.46. The lowest BCUT2D eigenvalue weighted by Crippen LogP contribution is -2.72. The van der Waals surface area contributed by atoms with E-state index in [4.69, 9.17) is 20.0 Å². The Hall–Kier alpha value is -6.17. The van der Waals surface area contributed by atoms with Gasteiger partial charge < -0.3 is 107 Å². The minimum atomic E-state index is -3.60. The Morgan fingerprint density at radius 3 is 1.87 bits per heavy atom. The van der Waals surface area contributed by atoms with E-state index in [1.165, 1.54) is 32.2 Å². The van der Waals surface area contributed by atoms with Gasteiger partial charge in [-0.3, -0.25) is 19.2 Å². The van der Waals surface area contributed by atoms with Gasteiger partial charge in [-0.1, -0.05) is 13.8 Å². The molecule has 0 spiro atoms. The monoisotopic (exact) mass is 1010 g/mol. The fourth-order valence-electron chi connectivity index (χ4n) is 7.09. The first-order valence-corrected chi connectivity index (χ1v) is 21.2. The fraction of sp³-hybridized carbons (Fsp3) is 0.575. The number of hydroxylamine groups is 1. The molecule has 31 nitrogen and oxygen atoms in total. The summed E-state index contributed by atoms with van der Waals surface area (Å²) in [5, 5.41) is 149. The zero-order valence-electron chi connectivity index (χ0n) is 37.4. The summed E-state index contributed by atoms with van der Waals surface area (Å²) < 4.78 is 9.61. The molecule has 2 amide bonds. The molecule has 2 aromatic heterocycles. The van der Waals surface area contributed by atoms with Gasteiger partial charge in [0.05, 0.1) is 30.6 Å². The number of nitrogens with two attached hydrogens (primary N) is 1. The molecule has 19 N–H and O–H groups in total. The van der Waals surface area contributed by atoms with Gasteiger partial charge in [0.15, 0.2) is 35.6 Å². The van der Waals surface area contributed by atoms with E-state index >= 15 is 0 Å². The third kappa shape index (κ3) is 12.0. The Bertz CT molecular complexity index is 2450. The minimum Gasteiger partial charge on any atom is -0.427 e. The van der Waals surface area contributed by atoms with E-state index in [9.17, 15) is 100 Å². The van der Waals surface area contributed by atoms with Gasteiger partial charge in [-0.05, 0) is 30.7 Å². The Morgan fingerprint density at radius 2 is 1.34 bits per heavy atom. The Balaban J connectivity index is 1.39. The highest BCUT2D eigenvalue weighted by Crippen LogP contribution is 2.34. The number of carbonyl (C=O) groups excluding carboxylic acids is 5. The average molecular weight is 1010 g/mol. The van der Waals surface area contributed by atoms with Crippen molar-refractivity contribution in [2.24, 2.45) is 5.41 Å². The summed E-state index contributed by atoms with van der Waals surface area (Å²) in [4.78, 5) is 98.4. The first-order chi connectivity index (χ1) is 33.1. The summed E-state index contributed by atoms with van der Waals surface area (Å²) in [7, 11) is 0. The van der Waals surface area contributed by atoms with Gasteiger partial charge in [0.1, 0.15) is 55.3 Å². The summed E-state index contributed by atoms with van der Waals surface area (Å²) in [6.45, 7) is 1.49. The number of nitrogen functional groups attached to an aromatic ring is 1. The molecule has 0 radical (unpaired) electrons. The van der Waals surface area contributed by atoms with E-state index in [-0.39, 0.29) is 40.6 Å². The van der Waals surface area contributed by atoms with Gasteiger partial charge >= 0.3 is 23.5 Å². The van der Waals surface area contributed by atoms with Crippen molar-refractivity contribution in [2.45, 2.75) is 124 Å². The van der Waals surface area contributed by atoms with Crippen molar-refractivity contribution in [2.75, 3.05) is 23.9 Å². The Morgan fingerprint density at radius 1 is 0.803 bits per heavy atom. The third-order valence-corrected chi connectivity index (χ3v) is 11.6. The van der Waals surface area contributed by atoms with Crippen LogP contribution in [0.25, 0.3) is 11.2 Å². The number of ether oxygens (including phenoxy) is 2. The van der Waals surface area contributed by atoms with E-state index in [1.54, 1.807) is 0 Å². The minimum absolute atomic E-state index is 0.000656. The SMILES string of the molecule is CC(C)(CO)[C@@H](O)C(=O)NCCC(=O)ON(Cc1cnc2[nH]c(N)nc(=O)c2n1)c1ccc(C(=O)N[C@@H](CCC(=O)O[C@]2(O)[C@H](O)[C@H](O)[C@@H](O)[C@H](O)[C@H]2O)C(=O)O[C@]2(O)[C@H](O)[C@H](O)[C@@H](O)[C@H](O)[C@H]2O)cc1. The molecule has 71 heavy (non-hydrogen) atoms. The number of aliphatic hydroxyl groups is 14. The highest BCUT2D eigenvalue weighted by molar-refractivity contribution is 5.97. The zero-order chi connectivity index (χ0) is 53.1. The number of amides is 2. The number of benzene rings is 1. The number of rotatable bonds is 18. The van der Waals surface area contributed by atoms with E-state index in [0.717, 1.165) is 17.2 Å². The van der Waals surface area contributed by atoms with Gasteiger partial charge in [-0.25, -0.2) is 24.6 Å². The van der Waals surface area contributed by atoms with E-state index < -0.39 is 158 Å². The second-order valence-electron chi connectivity index (χ2n) is 17.3. The van der Waals surface area contributed by atoms with Crippen LogP contribution in [0, 0.1) is 5.41 Å². The van der Waals surface area contributed by atoms with Crippen molar-refractivity contribution in [3.05, 3.63) is 52.1 Å². The number of aromatic amines is 1. The first-order valence-electron chi connectivity index (χ1n) is 21.2. The smallest absolute Gasteiger partial charge is 0.334 e. The normalized spacial score (nSPS) is 29.6. The van der Waals surface area contributed by atoms with Crippen LogP contribution in [0.2, 0.25) is 0 Å². The second-order valence-corrected chi connectivity index (χ2v) is 17.3. The molecule has 2 heterocycles. The number of aromatic nitrogens is 4. The third-order valence-electron chi connectivity index (χ3n) is 11.6. The number of H-pyrrole nitrogens is 1. The lowest BCUT2D eigenvalue weighted by atomic mass is 9.82. The molecular formula is C40H54N8O23. The van der Waals surface area contributed by atoms with Crippen LogP contribution in [0.1, 0.15) is 49.2 Å². The van der Waals surface area contributed by atoms with Crippen molar-refractivity contribution in [1.29, 1.82) is 0 Å². The van der Waals surface area contributed by atoms with Crippen LogP contribution in [-0.2, 0) is 40.0 Å². The van der Waals surface area contributed by atoms with Crippen LogP contribution in [0.3, 0.4) is 0 Å². The number of anilines is 2. The molecule has 0 bridgehead atoms. The molecular weight excluding hydrogens is 960 g/mol. The van der Waals surface area contributed by atoms with Crippen molar-refractivity contribution in [3.8, 4) is 0 Å². The summed E-state index contributed by atoms with van der Waals surface area (Å²) in [6.07, 6.45) is -27.9. The topological polar surface area (TPSA) is 521 Å². The van der Waals surface area contributed by atoms with Gasteiger partial charge in [0, 0.05) is 23.9 Å². The lowest BCUT2D eigenvalue weighted by molar-refractivity contribution is -0.348. The molecule has 31 heteroatoms. The van der Waals surface area contributed by atoms with E-state index in [2.05, 4.69) is 30.6 Å². The van der Waals surface area contributed by atoms with Crippen LogP contribution < -0.4 is 27.0 Å². The number of fused-ring (bicyclic) bond motifs is 1. The number of hydrogen-bond donors (Lipinski definition) is 18. The standard InChI is InChI=1S/C40H54N8O23/c1-38(2,13-49)31(62)35(65)42-10-9-19(51)71-48(12-15-11-43-32-20(44-15)34(64)47-37(41)46-32)16-5-3-14(4-6-16)33(63)45-17(36(66)70-40(68)29(60)25(56)22(53)26(57)30(40)61)7-8-18(50)69-39(67)27(58)23(54)21(52)24(55)28(39)59/h3-6,11,17,21-31,49,52-62,67-68H,7-10,12-13H2,1-2H3,(H,42,65)(H,45,63)(H3,41,43,46,47,64)/t17-,21-,22-,23-,24+,25-,26+,27+,28+,29+,30+,31-,39-,40-/m0/s1. The maximum atomic E-state index is 13.7. The molecule has 5 rings (SSSR count). The molecule has 0 aliphatic heterocycles. The Kier molecular flexibility index (Phi) is 17.3. The van der Waals surface area contributed by atoms with Gasteiger partial charge in [-0.15, -0.1) is 0 Å². The number of nitrogens with one attached hydrogen (secondary N) is 3. The second kappa shape index (κ2) is 22.1. The van der Waals surface area contributed by atoms with Crippen LogP contribution in [0.4, 0.5) is 11.6 Å². The maximum absolute atomic E-state index is 13.7. The molecule has 14 atom stereocenters. The zero-order valence-corrected chi connectivity index (χ0v) is 37.4. The summed E-state index contributed by atoms with van der Waals surface area (Å²) in [6, 6.07) is 2.34. The first kappa shape index (κ1) is 55.8. The number of hydrogen-bond acceptors (Lipinski definition) is 28. The molecule has 2 aliphatic carbocycles. The van der Waals surface area contributed by atoms with Crippen LogP contribution in [0.15, 0.2) is 35.3 Å². The predicted molar refractivity (Wildman–Crippen MR) is 228 cm³/mol. The fourth-order valence-corrected chi connectivity index (χ4v) is 7.09. The average Bonchev–Trinajstić information content (AvgIpc) is 3.33. The van der Waals surface area contributed by atoms with Crippen molar-refractivity contribution < 1.29 is 110 Å². The molecule has 2 fully saturated rings. The molecule has 0 unspecified atom stereocenters. The number of esters is 2. The number of carbonyl (C=O) groups is 5. The molecule has 2 aliphatic rings. The molecule has 392 valence electrons. The molecule has 3 aromatic rings. The summed E-state index contributed by atoms with van der Waals surface area (Å²) >= 11 is 0. The number of aliphatic hydroxyl groups excluding tert-OH is 12.